The number of hydrogen-bond donors (Lipinski definition) is 4. The molecule has 0 saturated carbocycles. The molecule has 0 aliphatic carbocycles. The summed E-state index contributed by atoms with van der Waals surface area (Å²) in [6.07, 6.45) is 10.8. The summed E-state index contributed by atoms with van der Waals surface area (Å²) in [6.45, 7) is 33.8. The van der Waals surface area contributed by atoms with E-state index in [1.807, 2.05) is 73.6 Å². The molecule has 6 atom stereocenters. The summed E-state index contributed by atoms with van der Waals surface area (Å²) in [5.41, 5.74) is 9.16. The zero-order valence-corrected chi connectivity index (χ0v) is 45.6. The number of rotatable bonds is 8. The number of aromatic hydroxyl groups is 2. The number of phenols is 2. The molecule has 0 fully saturated rings. The van der Waals surface area contributed by atoms with Gasteiger partial charge in [-0.25, -0.2) is 0 Å². The van der Waals surface area contributed by atoms with E-state index >= 15 is 0 Å². The predicted molar refractivity (Wildman–Crippen MR) is 284 cm³/mol. The van der Waals surface area contributed by atoms with Gasteiger partial charge in [0.15, 0.2) is 11.9 Å². The Morgan fingerprint density at radius 3 is 1.43 bits per heavy atom. The Hall–Kier alpha value is -4.62. The second-order valence-corrected chi connectivity index (χ2v) is 19.4. The van der Waals surface area contributed by atoms with Crippen LogP contribution >= 0.6 is 28.4 Å². The van der Waals surface area contributed by atoms with Crippen LogP contribution in [0.3, 0.4) is 0 Å². The number of aldehydes is 1. The summed E-state index contributed by atoms with van der Waals surface area (Å²) in [7, 11) is 6.76. The molecule has 6 unspecified atom stereocenters. The average molecular weight is 993 g/mol. The van der Waals surface area contributed by atoms with Crippen molar-refractivity contribution >= 4 is 34.7 Å². The van der Waals surface area contributed by atoms with Crippen molar-refractivity contribution in [3.8, 4) is 46.0 Å². The molecule has 0 bridgehead atoms. The first-order valence-electron chi connectivity index (χ1n) is 22.5. The second-order valence-electron chi connectivity index (χ2n) is 18.6. The van der Waals surface area contributed by atoms with Crippen molar-refractivity contribution in [1.29, 1.82) is 0 Å². The molecule has 4 N–H and O–H groups in total. The first-order valence-corrected chi connectivity index (χ1v) is 23.9. The van der Waals surface area contributed by atoms with Gasteiger partial charge in [-0.05, 0) is 203 Å². The van der Waals surface area contributed by atoms with Gasteiger partial charge in [0, 0.05) is 16.7 Å². The van der Waals surface area contributed by atoms with Gasteiger partial charge in [-0.2, -0.15) is 0 Å². The van der Waals surface area contributed by atoms with Crippen molar-refractivity contribution in [2.45, 2.75) is 144 Å². The van der Waals surface area contributed by atoms with Gasteiger partial charge in [0.1, 0.15) is 57.2 Å². The Bertz CT molecular complexity index is 2370. The lowest BCUT2D eigenvalue weighted by Crippen LogP contribution is -2.40. The summed E-state index contributed by atoms with van der Waals surface area (Å²) >= 11 is 0. The minimum Gasteiger partial charge on any atom is -0.508 e. The number of carbonyl (C=O) groups is 1. The average Bonchev–Trinajstić information content (AvgIpc) is 3.32. The molecule has 11 nitrogen and oxygen atoms in total. The molecule has 0 amide bonds. The highest BCUT2D eigenvalue weighted by Crippen LogP contribution is 2.44. The second kappa shape index (κ2) is 24.3. The number of phenolic OH excluding ortho intramolecular Hbond substituents is 2. The van der Waals surface area contributed by atoms with E-state index < -0.39 is 16.8 Å². The fourth-order valence-corrected chi connectivity index (χ4v) is 8.44. The summed E-state index contributed by atoms with van der Waals surface area (Å²) in [4.78, 5) is 11.1. The number of hydrogen-bond acceptors (Lipinski definition) is 11. The van der Waals surface area contributed by atoms with E-state index in [9.17, 15) is 20.1 Å². The third-order valence-corrected chi connectivity index (χ3v) is 13.6. The molecule has 68 heavy (non-hydrogen) atoms. The first kappa shape index (κ1) is 57.7. The van der Waals surface area contributed by atoms with Gasteiger partial charge in [-0.15, -0.1) is 0 Å². The van der Waals surface area contributed by atoms with E-state index in [2.05, 4.69) is 68.9 Å². The third-order valence-electron chi connectivity index (χ3n) is 12.8. The fourth-order valence-electron chi connectivity index (χ4n) is 7.70. The molecule has 0 radical (unpaired) electrons. The molecule has 14 heteroatoms. The maximum Gasteiger partial charge on any atom is 0.163 e. The van der Waals surface area contributed by atoms with Gasteiger partial charge in [-0.3, -0.25) is 4.79 Å². The summed E-state index contributed by atoms with van der Waals surface area (Å²) in [5, 5.41) is 37.2. The highest BCUT2D eigenvalue weighted by Gasteiger charge is 2.35. The standard InChI is InChI=1S/C14H19O2P.C13H17O3P.C13H18O3.C8H11O2P.C6H10O/c1-5-14(4)7-6-11-10(3)12(16-17)8-9(2)13(11)15-14;1-8-6-11(16-17)9(2)10-4-5-13(3,7-14)15-12(8)10;1-8-6-11(15)9(2)10-4-5-13(3,7-14)16-12(8)10;1-5-4-8(10-11)6(2)3-7(5)9;1-4-6(3,7)5-2/h5,8H,1,6-7,17H2,2-4H3;6-7H,4-5,17H2,1-3H3;6,14-15H,4-5,7H2,1-3H3;3-4,9H,11H2,1-2H3;4-5,7H,1-2H2,3H3. The zero-order chi connectivity index (χ0) is 51.5. The van der Waals surface area contributed by atoms with Gasteiger partial charge in [-0.1, -0.05) is 31.9 Å². The monoisotopic (exact) mass is 992 g/mol. The van der Waals surface area contributed by atoms with E-state index in [1.54, 1.807) is 25.1 Å². The molecule has 7 rings (SSSR count). The van der Waals surface area contributed by atoms with Crippen LogP contribution in [0.15, 0.2) is 68.3 Å². The number of aryl methyl sites for hydroxylation is 5. The Kier molecular flexibility index (Phi) is 20.6. The molecule has 4 aromatic rings. The minimum absolute atomic E-state index is 0.0196. The Morgan fingerprint density at radius 2 is 1.00 bits per heavy atom. The van der Waals surface area contributed by atoms with Crippen LogP contribution in [0.5, 0.6) is 46.0 Å². The topological polar surface area (TPSA) is 153 Å². The van der Waals surface area contributed by atoms with Crippen molar-refractivity contribution < 1.29 is 53.0 Å². The maximum atomic E-state index is 11.1. The summed E-state index contributed by atoms with van der Waals surface area (Å²) < 4.78 is 33.4. The molecule has 372 valence electrons. The van der Waals surface area contributed by atoms with Crippen molar-refractivity contribution in [3.63, 3.8) is 0 Å². The van der Waals surface area contributed by atoms with E-state index in [-0.39, 0.29) is 12.2 Å². The lowest BCUT2D eigenvalue weighted by atomic mass is 9.89. The van der Waals surface area contributed by atoms with Gasteiger partial charge in [0.2, 0.25) is 0 Å². The molecule has 0 spiro atoms. The Morgan fingerprint density at radius 1 is 0.603 bits per heavy atom. The predicted octanol–water partition coefficient (Wildman–Crippen LogP) is 11.9. The van der Waals surface area contributed by atoms with E-state index in [1.165, 1.54) is 23.3 Å². The molecule has 3 aliphatic rings. The lowest BCUT2D eigenvalue weighted by Gasteiger charge is -2.36. The van der Waals surface area contributed by atoms with Gasteiger partial charge >= 0.3 is 0 Å². The smallest absolute Gasteiger partial charge is 0.163 e. The maximum absolute atomic E-state index is 11.1. The van der Waals surface area contributed by atoms with Crippen LogP contribution in [0.4, 0.5) is 0 Å². The largest absolute Gasteiger partial charge is 0.508 e. The third kappa shape index (κ3) is 14.2. The molecule has 3 aliphatic heterocycles. The SMILES string of the molecule is C=CC(C)(O)C=C.C=CC1(C)CCc2c(C)c(OP)cc(C)c2O1.Cc1cc(O)c(C)c2c1OC(C)(CO)CC2.Cc1cc(OP)c(C)c2c1OC(C)(C=O)CC2.Cc1cc(OP)c(C)cc1O. The Balaban J connectivity index is 0.000000232. The normalized spacial score (nSPS) is 19.5. The molecular formula is C54H75O11P3. The number of ether oxygens (including phenoxy) is 3. The molecule has 4 aromatic carbocycles. The zero-order valence-electron chi connectivity index (χ0n) is 42.1. The lowest BCUT2D eigenvalue weighted by molar-refractivity contribution is -0.121. The van der Waals surface area contributed by atoms with Crippen LogP contribution in [0.1, 0.15) is 108 Å². The molecule has 3 heterocycles. The minimum atomic E-state index is -0.889. The van der Waals surface area contributed by atoms with Crippen LogP contribution in [0.25, 0.3) is 0 Å². The molecule has 0 saturated heterocycles. The molecule has 0 aromatic heterocycles. The van der Waals surface area contributed by atoms with Crippen LogP contribution in [0, 0.1) is 55.4 Å². The van der Waals surface area contributed by atoms with Crippen LogP contribution in [-0.2, 0) is 24.1 Å². The van der Waals surface area contributed by atoms with Crippen LogP contribution < -0.4 is 27.8 Å². The first-order chi connectivity index (χ1) is 31.7. The number of fused-ring (bicyclic) bond motifs is 3. The van der Waals surface area contributed by atoms with Gasteiger partial charge in [0.25, 0.3) is 0 Å². The number of benzene rings is 4. The van der Waals surface area contributed by atoms with Crippen molar-refractivity contribution in [2.75, 3.05) is 6.61 Å². The quantitative estimate of drug-likeness (QED) is 0.0758. The van der Waals surface area contributed by atoms with Crippen LogP contribution in [-0.4, -0.2) is 55.7 Å². The van der Waals surface area contributed by atoms with E-state index in [0.717, 1.165) is 123 Å². The summed E-state index contributed by atoms with van der Waals surface area (Å²) in [6, 6.07) is 9.18. The molecular weight excluding hydrogens is 918 g/mol. The number of aliphatic hydroxyl groups is 2. The van der Waals surface area contributed by atoms with Crippen molar-refractivity contribution in [3.05, 3.63) is 129 Å². The fraction of sp³-hybridized carbons (Fsp3) is 0.426. The Labute approximate surface area is 412 Å². The van der Waals surface area contributed by atoms with Gasteiger partial charge < -0.3 is 48.2 Å². The highest BCUT2D eigenvalue weighted by molar-refractivity contribution is 7.10. The van der Waals surface area contributed by atoms with Crippen molar-refractivity contribution in [2.24, 2.45) is 0 Å². The summed E-state index contributed by atoms with van der Waals surface area (Å²) in [5.74, 6) is 5.86. The number of aliphatic hydroxyl groups excluding tert-OH is 1. The van der Waals surface area contributed by atoms with Crippen LogP contribution in [0.2, 0.25) is 0 Å². The van der Waals surface area contributed by atoms with Gasteiger partial charge in [0.05, 0.1) is 40.6 Å². The van der Waals surface area contributed by atoms with Crippen molar-refractivity contribution in [1.82, 2.24) is 0 Å². The highest BCUT2D eigenvalue weighted by atomic mass is 31.0. The number of carbonyl (C=O) groups excluding carboxylic acids is 1. The van der Waals surface area contributed by atoms with E-state index in [4.69, 9.17) is 32.9 Å². The van der Waals surface area contributed by atoms with E-state index in [0.29, 0.717) is 17.9 Å².